The Kier molecular flexibility index (Phi) is 3.23. The largest absolute Gasteiger partial charge is 0.508 e. The smallest absolute Gasteiger partial charge is 0.296 e. The maximum absolute atomic E-state index is 11.0. The molecule has 7 heteroatoms. The number of nitro groups is 1. The lowest BCUT2D eigenvalue weighted by atomic mass is 10.1. The van der Waals surface area contributed by atoms with Crippen molar-refractivity contribution < 1.29 is 19.5 Å². The third kappa shape index (κ3) is 2.53. The first-order valence-electron chi connectivity index (χ1n) is 6.24. The van der Waals surface area contributed by atoms with Crippen molar-refractivity contribution in [2.24, 2.45) is 0 Å². The molecule has 3 rings (SSSR count). The summed E-state index contributed by atoms with van der Waals surface area (Å²) < 4.78 is 10.7. The van der Waals surface area contributed by atoms with Crippen LogP contribution in [0.5, 0.6) is 17.2 Å². The van der Waals surface area contributed by atoms with Crippen molar-refractivity contribution in [1.82, 2.24) is 0 Å². The van der Waals surface area contributed by atoms with Gasteiger partial charge in [-0.1, -0.05) is 12.1 Å². The van der Waals surface area contributed by atoms with Gasteiger partial charge >= 0.3 is 0 Å². The lowest BCUT2D eigenvalue weighted by molar-refractivity contribution is -0.384. The molecular weight excluding hydrogens is 276 g/mol. The minimum absolute atomic E-state index is 0.149. The summed E-state index contributed by atoms with van der Waals surface area (Å²) >= 11 is 0. The van der Waals surface area contributed by atoms with E-state index < -0.39 is 4.92 Å². The topological polar surface area (TPSA) is 93.9 Å². The van der Waals surface area contributed by atoms with Gasteiger partial charge in [-0.2, -0.15) is 0 Å². The van der Waals surface area contributed by atoms with E-state index in [9.17, 15) is 15.2 Å². The Morgan fingerprint density at radius 1 is 1.29 bits per heavy atom. The number of benzene rings is 2. The molecular formula is C14H12N2O5. The van der Waals surface area contributed by atoms with Crippen LogP contribution in [0.25, 0.3) is 0 Å². The number of hydrogen-bond acceptors (Lipinski definition) is 6. The second-order valence-electron chi connectivity index (χ2n) is 4.46. The number of nitro benzene ring substituents is 1. The highest BCUT2D eigenvalue weighted by molar-refractivity contribution is 5.64. The van der Waals surface area contributed by atoms with Crippen LogP contribution in [0, 0.1) is 10.1 Å². The van der Waals surface area contributed by atoms with E-state index >= 15 is 0 Å². The van der Waals surface area contributed by atoms with Crippen molar-refractivity contribution in [2.45, 2.75) is 6.54 Å². The maximum Gasteiger partial charge on any atom is 0.296 e. The van der Waals surface area contributed by atoms with E-state index in [4.69, 9.17) is 9.47 Å². The van der Waals surface area contributed by atoms with Crippen molar-refractivity contribution in [1.29, 1.82) is 0 Å². The molecule has 0 saturated heterocycles. The van der Waals surface area contributed by atoms with Gasteiger partial charge in [-0.05, 0) is 18.2 Å². The summed E-state index contributed by atoms with van der Waals surface area (Å²) in [5.41, 5.74) is 0.987. The predicted octanol–water partition coefficient (Wildman–Crippen LogP) is 2.64. The Balaban J connectivity index is 1.83. The molecule has 2 aromatic rings. The predicted molar refractivity (Wildman–Crippen MR) is 74.7 cm³/mol. The Morgan fingerprint density at radius 3 is 2.95 bits per heavy atom. The molecule has 1 aliphatic heterocycles. The summed E-state index contributed by atoms with van der Waals surface area (Å²) in [7, 11) is 0. The van der Waals surface area contributed by atoms with Crippen LogP contribution in [0.4, 0.5) is 11.4 Å². The van der Waals surface area contributed by atoms with Crippen LogP contribution in [0.1, 0.15) is 5.56 Å². The lowest BCUT2D eigenvalue weighted by Gasteiger charge is -2.09. The van der Waals surface area contributed by atoms with E-state index in [1.807, 2.05) is 12.1 Å². The van der Waals surface area contributed by atoms with E-state index in [2.05, 4.69) is 5.32 Å². The fourth-order valence-corrected chi connectivity index (χ4v) is 2.14. The molecule has 0 radical (unpaired) electrons. The van der Waals surface area contributed by atoms with Crippen LogP contribution in [-0.2, 0) is 6.54 Å². The first-order chi connectivity index (χ1) is 10.1. The third-order valence-corrected chi connectivity index (χ3v) is 3.13. The number of nitrogens with one attached hydrogen (secondary N) is 1. The Morgan fingerprint density at radius 2 is 2.14 bits per heavy atom. The van der Waals surface area contributed by atoms with Crippen LogP contribution in [-0.4, -0.2) is 16.8 Å². The summed E-state index contributed by atoms with van der Waals surface area (Å²) in [5.74, 6) is 1.16. The average molecular weight is 288 g/mol. The van der Waals surface area contributed by atoms with Gasteiger partial charge in [0.25, 0.3) is 5.69 Å². The second kappa shape index (κ2) is 5.20. The molecule has 0 aromatic heterocycles. The van der Waals surface area contributed by atoms with Gasteiger partial charge in [-0.15, -0.1) is 0 Å². The van der Waals surface area contributed by atoms with Crippen LogP contribution >= 0.6 is 0 Å². The van der Waals surface area contributed by atoms with Crippen molar-refractivity contribution in [3.63, 3.8) is 0 Å². The van der Waals surface area contributed by atoms with E-state index in [1.165, 1.54) is 12.1 Å². The normalized spacial score (nSPS) is 12.2. The molecule has 0 aliphatic carbocycles. The average Bonchev–Trinajstić information content (AvgIpc) is 2.94. The number of ether oxygens (including phenoxy) is 2. The lowest BCUT2D eigenvalue weighted by Crippen LogP contribution is -2.03. The Hall–Kier alpha value is -2.96. The molecule has 0 atom stereocenters. The van der Waals surface area contributed by atoms with Gasteiger partial charge in [0, 0.05) is 12.1 Å². The summed E-state index contributed by atoms with van der Waals surface area (Å²) in [4.78, 5) is 10.4. The van der Waals surface area contributed by atoms with Crippen molar-refractivity contribution in [3.8, 4) is 17.2 Å². The van der Waals surface area contributed by atoms with Crippen LogP contribution < -0.4 is 14.8 Å². The van der Waals surface area contributed by atoms with E-state index in [0.29, 0.717) is 23.7 Å². The number of phenols is 1. The number of para-hydroxylation sites is 1. The number of phenolic OH excluding ortho intramolecular Hbond substituents is 1. The van der Waals surface area contributed by atoms with E-state index in [-0.39, 0.29) is 18.2 Å². The molecule has 108 valence electrons. The van der Waals surface area contributed by atoms with E-state index in [1.54, 1.807) is 6.07 Å². The molecule has 0 bridgehead atoms. The third-order valence-electron chi connectivity index (χ3n) is 3.13. The standard InChI is InChI=1S/C14H12N2O5/c17-10-4-5-11(12(6-10)16(18)19)15-7-9-2-1-3-13-14(9)21-8-20-13/h1-6,15,17H,7-8H2. The summed E-state index contributed by atoms with van der Waals surface area (Å²) in [6, 6.07) is 9.45. The fourth-order valence-electron chi connectivity index (χ4n) is 2.14. The second-order valence-corrected chi connectivity index (χ2v) is 4.46. The molecule has 0 fully saturated rings. The summed E-state index contributed by atoms with van der Waals surface area (Å²) in [6.45, 7) is 0.518. The number of anilines is 1. The zero-order chi connectivity index (χ0) is 14.8. The summed E-state index contributed by atoms with van der Waals surface area (Å²) in [6.07, 6.45) is 0. The quantitative estimate of drug-likeness (QED) is 0.510. The van der Waals surface area contributed by atoms with Crippen LogP contribution in [0.3, 0.4) is 0 Å². The number of aromatic hydroxyl groups is 1. The number of rotatable bonds is 4. The Bertz CT molecular complexity index is 702. The Labute approximate surface area is 119 Å². The first-order valence-corrected chi connectivity index (χ1v) is 6.24. The monoisotopic (exact) mass is 288 g/mol. The molecule has 21 heavy (non-hydrogen) atoms. The number of hydrogen-bond donors (Lipinski definition) is 2. The minimum Gasteiger partial charge on any atom is -0.508 e. The van der Waals surface area contributed by atoms with Gasteiger partial charge < -0.3 is 19.9 Å². The summed E-state index contributed by atoms with van der Waals surface area (Å²) in [5, 5.41) is 23.3. The van der Waals surface area contributed by atoms with Gasteiger partial charge in [0.2, 0.25) is 6.79 Å². The molecule has 2 N–H and O–H groups in total. The highest BCUT2D eigenvalue weighted by atomic mass is 16.7. The zero-order valence-corrected chi connectivity index (χ0v) is 10.9. The molecule has 0 spiro atoms. The molecule has 0 amide bonds. The molecule has 0 saturated carbocycles. The highest BCUT2D eigenvalue weighted by Crippen LogP contribution is 2.36. The molecule has 2 aromatic carbocycles. The van der Waals surface area contributed by atoms with Crippen molar-refractivity contribution >= 4 is 11.4 Å². The van der Waals surface area contributed by atoms with Gasteiger partial charge in [0.1, 0.15) is 11.4 Å². The van der Waals surface area contributed by atoms with Crippen LogP contribution in [0.2, 0.25) is 0 Å². The molecule has 1 aliphatic rings. The first kappa shape index (κ1) is 13.0. The van der Waals surface area contributed by atoms with Gasteiger partial charge in [-0.3, -0.25) is 10.1 Å². The van der Waals surface area contributed by atoms with Crippen LogP contribution in [0.15, 0.2) is 36.4 Å². The fraction of sp³-hybridized carbons (Fsp3) is 0.143. The van der Waals surface area contributed by atoms with Crippen molar-refractivity contribution in [2.75, 3.05) is 12.1 Å². The molecule has 1 heterocycles. The molecule has 7 nitrogen and oxygen atoms in total. The number of nitrogens with zero attached hydrogens (tertiary/aromatic N) is 1. The molecule has 0 unspecified atom stereocenters. The highest BCUT2D eigenvalue weighted by Gasteiger charge is 2.19. The van der Waals surface area contributed by atoms with E-state index in [0.717, 1.165) is 11.6 Å². The van der Waals surface area contributed by atoms with Crippen molar-refractivity contribution in [3.05, 3.63) is 52.1 Å². The maximum atomic E-state index is 11.0. The number of fused-ring (bicyclic) bond motifs is 1. The van der Waals surface area contributed by atoms with Gasteiger partial charge in [0.15, 0.2) is 11.5 Å². The van der Waals surface area contributed by atoms with Gasteiger partial charge in [-0.25, -0.2) is 0 Å². The minimum atomic E-state index is -0.545. The zero-order valence-electron chi connectivity index (χ0n) is 10.9. The van der Waals surface area contributed by atoms with Gasteiger partial charge in [0.05, 0.1) is 11.0 Å². The SMILES string of the molecule is O=[N+]([O-])c1cc(O)ccc1NCc1cccc2c1OCO2.